The zero-order valence-corrected chi connectivity index (χ0v) is 10.5. The van der Waals surface area contributed by atoms with Gasteiger partial charge in [0.15, 0.2) is 0 Å². The minimum absolute atomic E-state index is 0.134. The number of aryl methyl sites for hydroxylation is 1. The number of carbonyl (C=O) groups excluding carboxylic acids is 1. The highest BCUT2D eigenvalue weighted by Crippen LogP contribution is 2.14. The Kier molecular flexibility index (Phi) is 5.36. The first-order valence-corrected chi connectivity index (χ1v) is 5.81. The van der Waals surface area contributed by atoms with Gasteiger partial charge >= 0.3 is 0 Å². The summed E-state index contributed by atoms with van der Waals surface area (Å²) in [6, 6.07) is 5.26. The minimum atomic E-state index is -0.134. The van der Waals surface area contributed by atoms with Crippen LogP contribution < -0.4 is 5.32 Å². The lowest BCUT2D eigenvalue weighted by Crippen LogP contribution is -2.23. The van der Waals surface area contributed by atoms with Gasteiger partial charge in [0, 0.05) is 23.0 Å². The largest absolute Gasteiger partial charge is 0.349 e. The van der Waals surface area contributed by atoms with Gasteiger partial charge in [0.05, 0.1) is 0 Å². The van der Waals surface area contributed by atoms with Crippen LogP contribution in [0.15, 0.2) is 30.4 Å². The fraction of sp³-hybridized carbons (Fsp3) is 0.250. The van der Waals surface area contributed by atoms with Crippen LogP contribution in [0.2, 0.25) is 5.02 Å². The number of nitrogens with one attached hydrogen (secondary N) is 1. The topological polar surface area (TPSA) is 29.1 Å². The molecule has 0 spiro atoms. The Morgan fingerprint density at radius 1 is 1.38 bits per heavy atom. The van der Waals surface area contributed by atoms with Crippen LogP contribution in [-0.2, 0) is 0 Å². The van der Waals surface area contributed by atoms with Gasteiger partial charge in [-0.15, -0.1) is 11.6 Å². The van der Waals surface area contributed by atoms with E-state index in [1.807, 2.05) is 19.1 Å². The van der Waals surface area contributed by atoms with Crippen molar-refractivity contribution in [2.24, 2.45) is 0 Å². The average molecular weight is 258 g/mol. The van der Waals surface area contributed by atoms with Crippen molar-refractivity contribution in [2.45, 2.75) is 6.92 Å². The molecule has 0 unspecified atom stereocenters. The molecule has 4 heteroatoms. The van der Waals surface area contributed by atoms with Crippen molar-refractivity contribution in [3.63, 3.8) is 0 Å². The standard InChI is InChI=1S/C12H13Cl2NO/c1-9-6-10(8-11(14)7-9)12(16)15-5-3-2-4-13/h2-3,6-8H,4-5H2,1H3,(H,15,16)/b3-2+. The third-order valence-corrected chi connectivity index (χ3v) is 2.34. The van der Waals surface area contributed by atoms with Crippen LogP contribution in [0.25, 0.3) is 0 Å². The molecule has 0 saturated carbocycles. The Morgan fingerprint density at radius 2 is 2.12 bits per heavy atom. The number of carbonyl (C=O) groups is 1. The van der Waals surface area contributed by atoms with Gasteiger partial charge < -0.3 is 5.32 Å². The van der Waals surface area contributed by atoms with Crippen molar-refractivity contribution in [1.82, 2.24) is 5.32 Å². The molecule has 0 aliphatic carbocycles. The maximum Gasteiger partial charge on any atom is 0.251 e. The molecule has 0 aromatic heterocycles. The summed E-state index contributed by atoms with van der Waals surface area (Å²) in [4.78, 5) is 11.7. The lowest BCUT2D eigenvalue weighted by molar-refractivity contribution is 0.0958. The molecule has 0 bridgehead atoms. The first kappa shape index (κ1) is 13.1. The summed E-state index contributed by atoms with van der Waals surface area (Å²) in [5, 5.41) is 3.32. The molecule has 1 aromatic carbocycles. The molecular weight excluding hydrogens is 245 g/mol. The highest BCUT2D eigenvalue weighted by molar-refractivity contribution is 6.31. The molecule has 1 aromatic rings. The summed E-state index contributed by atoms with van der Waals surface area (Å²) in [5.41, 5.74) is 1.54. The molecule has 1 rings (SSSR count). The maximum atomic E-state index is 11.7. The smallest absolute Gasteiger partial charge is 0.251 e. The van der Waals surface area contributed by atoms with Crippen LogP contribution in [0, 0.1) is 6.92 Å². The summed E-state index contributed by atoms with van der Waals surface area (Å²) in [6.45, 7) is 2.37. The van der Waals surface area contributed by atoms with Gasteiger partial charge in [-0.25, -0.2) is 0 Å². The number of benzene rings is 1. The highest BCUT2D eigenvalue weighted by Gasteiger charge is 2.05. The van der Waals surface area contributed by atoms with Crippen LogP contribution in [0.4, 0.5) is 0 Å². The molecule has 1 amide bonds. The van der Waals surface area contributed by atoms with E-state index in [1.165, 1.54) is 0 Å². The molecule has 1 N–H and O–H groups in total. The van der Waals surface area contributed by atoms with Crippen molar-refractivity contribution in [2.75, 3.05) is 12.4 Å². The minimum Gasteiger partial charge on any atom is -0.349 e. The van der Waals surface area contributed by atoms with E-state index in [0.29, 0.717) is 23.0 Å². The predicted molar refractivity (Wildman–Crippen MR) is 68.4 cm³/mol. The van der Waals surface area contributed by atoms with Gasteiger partial charge in [-0.05, 0) is 30.7 Å². The fourth-order valence-electron chi connectivity index (χ4n) is 1.27. The molecule has 86 valence electrons. The molecule has 0 atom stereocenters. The van der Waals surface area contributed by atoms with Crippen LogP contribution in [0.5, 0.6) is 0 Å². The first-order valence-electron chi connectivity index (χ1n) is 4.90. The maximum absolute atomic E-state index is 11.7. The summed E-state index contributed by atoms with van der Waals surface area (Å²) in [5.74, 6) is 0.316. The van der Waals surface area contributed by atoms with Gasteiger partial charge in [-0.2, -0.15) is 0 Å². The molecule has 0 heterocycles. The summed E-state index contributed by atoms with van der Waals surface area (Å²) in [7, 11) is 0. The van der Waals surface area contributed by atoms with E-state index in [2.05, 4.69) is 5.32 Å². The lowest BCUT2D eigenvalue weighted by Gasteiger charge is -2.04. The van der Waals surface area contributed by atoms with Crippen LogP contribution in [0.1, 0.15) is 15.9 Å². The highest BCUT2D eigenvalue weighted by atomic mass is 35.5. The van der Waals surface area contributed by atoms with E-state index in [0.717, 1.165) is 5.56 Å². The zero-order valence-electron chi connectivity index (χ0n) is 8.97. The number of alkyl halides is 1. The van der Waals surface area contributed by atoms with Crippen molar-refractivity contribution < 1.29 is 4.79 Å². The van der Waals surface area contributed by atoms with Gasteiger partial charge in [0.25, 0.3) is 5.91 Å². The number of allylic oxidation sites excluding steroid dienone is 1. The molecule has 0 fully saturated rings. The number of rotatable bonds is 4. The second-order valence-electron chi connectivity index (χ2n) is 3.35. The third-order valence-electron chi connectivity index (χ3n) is 1.94. The second-order valence-corrected chi connectivity index (χ2v) is 4.10. The van der Waals surface area contributed by atoms with Crippen molar-refractivity contribution in [3.05, 3.63) is 46.5 Å². The Bertz CT molecular complexity index is 382. The molecule has 0 aliphatic heterocycles. The Balaban J connectivity index is 2.62. The zero-order chi connectivity index (χ0) is 12.0. The molecule has 0 aliphatic rings. The van der Waals surface area contributed by atoms with E-state index in [-0.39, 0.29) is 5.91 Å². The van der Waals surface area contributed by atoms with Gasteiger partial charge in [-0.1, -0.05) is 23.8 Å². The number of hydrogen-bond acceptors (Lipinski definition) is 1. The summed E-state index contributed by atoms with van der Waals surface area (Å²) < 4.78 is 0. The van der Waals surface area contributed by atoms with Crippen molar-refractivity contribution >= 4 is 29.1 Å². The van der Waals surface area contributed by atoms with Crippen LogP contribution >= 0.6 is 23.2 Å². The van der Waals surface area contributed by atoms with Crippen molar-refractivity contribution in [3.8, 4) is 0 Å². The Morgan fingerprint density at radius 3 is 2.75 bits per heavy atom. The third kappa shape index (κ3) is 4.25. The molecule has 2 nitrogen and oxygen atoms in total. The number of amides is 1. The van der Waals surface area contributed by atoms with E-state index in [1.54, 1.807) is 18.2 Å². The Hall–Kier alpha value is -0.990. The fourth-order valence-corrected chi connectivity index (χ4v) is 1.68. The normalized spacial score (nSPS) is 10.7. The first-order chi connectivity index (χ1) is 7.63. The second kappa shape index (κ2) is 6.56. The lowest BCUT2D eigenvalue weighted by atomic mass is 10.1. The number of halogens is 2. The van der Waals surface area contributed by atoms with Gasteiger partial charge in [-0.3, -0.25) is 4.79 Å². The van der Waals surface area contributed by atoms with E-state index < -0.39 is 0 Å². The average Bonchev–Trinajstić information content (AvgIpc) is 2.22. The Labute approximate surface area is 105 Å². The SMILES string of the molecule is Cc1cc(Cl)cc(C(=O)NC/C=C/CCl)c1. The van der Waals surface area contributed by atoms with E-state index in [4.69, 9.17) is 23.2 Å². The monoisotopic (exact) mass is 257 g/mol. The van der Waals surface area contributed by atoms with Gasteiger partial charge in [0.2, 0.25) is 0 Å². The van der Waals surface area contributed by atoms with E-state index in [9.17, 15) is 4.79 Å². The summed E-state index contributed by atoms with van der Waals surface area (Å²) in [6.07, 6.45) is 3.59. The molecule has 0 radical (unpaired) electrons. The quantitative estimate of drug-likeness (QED) is 0.652. The molecule has 16 heavy (non-hydrogen) atoms. The van der Waals surface area contributed by atoms with E-state index >= 15 is 0 Å². The van der Waals surface area contributed by atoms with Crippen LogP contribution in [0.3, 0.4) is 0 Å². The molecule has 0 saturated heterocycles. The summed E-state index contributed by atoms with van der Waals surface area (Å²) >= 11 is 11.3. The van der Waals surface area contributed by atoms with Crippen LogP contribution in [-0.4, -0.2) is 18.3 Å². The predicted octanol–water partition coefficient (Wildman–Crippen LogP) is 3.17. The molecular formula is C12H13Cl2NO. The van der Waals surface area contributed by atoms with Crippen molar-refractivity contribution in [1.29, 1.82) is 0 Å². The number of hydrogen-bond donors (Lipinski definition) is 1. The van der Waals surface area contributed by atoms with Gasteiger partial charge in [0.1, 0.15) is 0 Å².